The number of nitrogens with one attached hydrogen (secondary N) is 1. The fourth-order valence-electron chi connectivity index (χ4n) is 5.10. The van der Waals surface area contributed by atoms with Crippen LogP contribution >= 0.6 is 0 Å². The molecule has 7 heteroatoms. The fraction of sp³-hybridized carbons (Fsp3) is 0.212. The van der Waals surface area contributed by atoms with Gasteiger partial charge in [-0.1, -0.05) is 85.1 Å². The molecule has 2 aromatic heterocycles. The SMILES string of the molecule is Cc1ccc(C(=O)c2cc(-c3ccccc3)cn2C/C=C/c2cccc(C(=O)NC3(C(=O)O)CCCC3)n2)cc1. The molecule has 0 saturated heterocycles. The third kappa shape index (κ3) is 5.78. The van der Waals surface area contributed by atoms with E-state index in [-0.39, 0.29) is 11.5 Å². The van der Waals surface area contributed by atoms with Crippen LogP contribution in [-0.4, -0.2) is 37.9 Å². The number of allylic oxidation sites excluding steroid dienone is 1. The molecule has 0 bridgehead atoms. The average Bonchev–Trinajstić information content (AvgIpc) is 3.62. The van der Waals surface area contributed by atoms with Crippen LogP contribution in [0.15, 0.2) is 91.1 Å². The van der Waals surface area contributed by atoms with Gasteiger partial charge in [0.25, 0.3) is 5.91 Å². The lowest BCUT2D eigenvalue weighted by Gasteiger charge is -2.25. The molecule has 4 aromatic rings. The zero-order chi connectivity index (χ0) is 28.1. The summed E-state index contributed by atoms with van der Waals surface area (Å²) in [6.45, 7) is 2.40. The van der Waals surface area contributed by atoms with E-state index in [1.807, 2.05) is 84.4 Å². The largest absolute Gasteiger partial charge is 0.480 e. The summed E-state index contributed by atoms with van der Waals surface area (Å²) in [4.78, 5) is 42.6. The van der Waals surface area contributed by atoms with E-state index >= 15 is 0 Å². The van der Waals surface area contributed by atoms with Crippen molar-refractivity contribution in [2.45, 2.75) is 44.7 Å². The summed E-state index contributed by atoms with van der Waals surface area (Å²) in [7, 11) is 0. The Morgan fingerprint density at radius 2 is 1.68 bits per heavy atom. The van der Waals surface area contributed by atoms with Gasteiger partial charge in [0.05, 0.1) is 11.4 Å². The Bertz CT molecular complexity index is 1560. The van der Waals surface area contributed by atoms with Gasteiger partial charge in [0.2, 0.25) is 5.78 Å². The number of aryl methyl sites for hydroxylation is 1. The number of carboxylic acids is 1. The zero-order valence-electron chi connectivity index (χ0n) is 22.3. The van der Waals surface area contributed by atoms with Crippen molar-refractivity contribution in [3.63, 3.8) is 0 Å². The molecule has 2 N–H and O–H groups in total. The van der Waals surface area contributed by atoms with E-state index in [0.717, 1.165) is 29.5 Å². The van der Waals surface area contributed by atoms with Crippen LogP contribution in [0.5, 0.6) is 0 Å². The number of carbonyl (C=O) groups is 3. The maximum absolute atomic E-state index is 13.4. The Labute approximate surface area is 233 Å². The molecule has 202 valence electrons. The second kappa shape index (κ2) is 11.5. The minimum atomic E-state index is -1.23. The highest BCUT2D eigenvalue weighted by atomic mass is 16.4. The number of aromatic nitrogens is 2. The van der Waals surface area contributed by atoms with Gasteiger partial charge in [-0.2, -0.15) is 0 Å². The number of rotatable bonds is 9. The molecule has 7 nitrogen and oxygen atoms in total. The fourth-order valence-corrected chi connectivity index (χ4v) is 5.10. The Kier molecular flexibility index (Phi) is 7.73. The van der Waals surface area contributed by atoms with E-state index in [2.05, 4.69) is 10.3 Å². The van der Waals surface area contributed by atoms with Crippen molar-refractivity contribution in [1.29, 1.82) is 0 Å². The minimum absolute atomic E-state index is 0.0633. The maximum atomic E-state index is 13.4. The molecule has 5 rings (SSSR count). The van der Waals surface area contributed by atoms with E-state index in [1.54, 1.807) is 24.3 Å². The van der Waals surface area contributed by atoms with Crippen LogP contribution in [0.4, 0.5) is 0 Å². The van der Waals surface area contributed by atoms with Crippen LogP contribution in [0.1, 0.15) is 63.5 Å². The van der Waals surface area contributed by atoms with Gasteiger partial charge in [0.15, 0.2) is 0 Å². The van der Waals surface area contributed by atoms with Crippen LogP contribution in [0.3, 0.4) is 0 Å². The van der Waals surface area contributed by atoms with Crippen LogP contribution < -0.4 is 5.32 Å². The lowest BCUT2D eigenvalue weighted by Crippen LogP contribution is -2.52. The Hall–Kier alpha value is -4.78. The van der Waals surface area contributed by atoms with Gasteiger partial charge in [0, 0.05) is 23.9 Å². The summed E-state index contributed by atoms with van der Waals surface area (Å²) >= 11 is 0. The molecule has 1 aliphatic carbocycles. The smallest absolute Gasteiger partial charge is 0.329 e. The highest BCUT2D eigenvalue weighted by molar-refractivity contribution is 6.08. The molecule has 1 aliphatic rings. The van der Waals surface area contributed by atoms with Crippen LogP contribution in [0.25, 0.3) is 17.2 Å². The molecule has 2 heterocycles. The van der Waals surface area contributed by atoms with Gasteiger partial charge >= 0.3 is 5.97 Å². The first kappa shape index (κ1) is 26.8. The van der Waals surface area contributed by atoms with Gasteiger partial charge in [-0.15, -0.1) is 0 Å². The molecule has 0 radical (unpaired) electrons. The number of hydrogen-bond donors (Lipinski definition) is 2. The number of aliphatic carboxylic acids is 1. The molecule has 1 fully saturated rings. The first-order valence-electron chi connectivity index (χ1n) is 13.4. The molecule has 0 unspecified atom stereocenters. The third-order valence-corrected chi connectivity index (χ3v) is 7.36. The summed E-state index contributed by atoms with van der Waals surface area (Å²) in [5, 5.41) is 12.4. The van der Waals surface area contributed by atoms with E-state index in [4.69, 9.17) is 0 Å². The lowest BCUT2D eigenvalue weighted by atomic mass is 9.97. The third-order valence-electron chi connectivity index (χ3n) is 7.36. The average molecular weight is 534 g/mol. The molecule has 0 aliphatic heterocycles. The van der Waals surface area contributed by atoms with Gasteiger partial charge < -0.3 is 15.0 Å². The van der Waals surface area contributed by atoms with Crippen LogP contribution in [-0.2, 0) is 11.3 Å². The van der Waals surface area contributed by atoms with Crippen molar-refractivity contribution in [3.05, 3.63) is 119 Å². The summed E-state index contributed by atoms with van der Waals surface area (Å²) in [5.74, 6) is -1.57. The van der Waals surface area contributed by atoms with E-state index in [9.17, 15) is 19.5 Å². The first-order valence-corrected chi connectivity index (χ1v) is 13.4. The number of benzene rings is 2. The standard InChI is InChI=1S/C33H31N3O4/c1-23-14-16-25(17-15-23)30(37)29-21-26(24-9-3-2-4-10-24)22-36(29)20-8-12-27-11-7-13-28(34-27)31(38)35-33(32(39)40)18-5-6-19-33/h2-4,7-17,21-22H,5-6,18-20H2,1H3,(H,35,38)(H,39,40)/b12-8+. The van der Waals surface area contributed by atoms with Crippen molar-refractivity contribution in [3.8, 4) is 11.1 Å². The molecular formula is C33H31N3O4. The Morgan fingerprint density at radius 1 is 0.950 bits per heavy atom. The molecule has 1 saturated carbocycles. The lowest BCUT2D eigenvalue weighted by molar-refractivity contribution is -0.144. The molecule has 40 heavy (non-hydrogen) atoms. The number of amides is 1. The highest BCUT2D eigenvalue weighted by Crippen LogP contribution is 2.30. The molecule has 2 aromatic carbocycles. The number of ketones is 1. The molecule has 1 amide bonds. The van der Waals surface area contributed by atoms with E-state index < -0.39 is 17.4 Å². The predicted octanol–water partition coefficient (Wildman–Crippen LogP) is 5.93. The van der Waals surface area contributed by atoms with Crippen molar-refractivity contribution < 1.29 is 19.5 Å². The topological polar surface area (TPSA) is 101 Å². The summed E-state index contributed by atoms with van der Waals surface area (Å²) in [5.41, 5.74) is 3.74. The van der Waals surface area contributed by atoms with Crippen LogP contribution in [0, 0.1) is 6.92 Å². The first-order chi connectivity index (χ1) is 19.3. The normalized spacial score (nSPS) is 14.3. The van der Waals surface area contributed by atoms with E-state index in [1.165, 1.54) is 0 Å². The Balaban J connectivity index is 1.37. The zero-order valence-corrected chi connectivity index (χ0v) is 22.3. The second-order valence-corrected chi connectivity index (χ2v) is 10.2. The monoisotopic (exact) mass is 533 g/mol. The molecule has 0 atom stereocenters. The second-order valence-electron chi connectivity index (χ2n) is 10.2. The number of nitrogens with zero attached hydrogens (tertiary/aromatic N) is 2. The van der Waals surface area contributed by atoms with Gasteiger partial charge in [-0.25, -0.2) is 9.78 Å². The van der Waals surface area contributed by atoms with Crippen molar-refractivity contribution >= 4 is 23.7 Å². The van der Waals surface area contributed by atoms with Crippen molar-refractivity contribution in [1.82, 2.24) is 14.9 Å². The quantitative estimate of drug-likeness (QED) is 0.260. The maximum Gasteiger partial charge on any atom is 0.329 e. The molecular weight excluding hydrogens is 502 g/mol. The number of carboxylic acid groups (broad SMARTS) is 1. The molecule has 0 spiro atoms. The minimum Gasteiger partial charge on any atom is -0.480 e. The highest BCUT2D eigenvalue weighted by Gasteiger charge is 2.42. The summed E-state index contributed by atoms with van der Waals surface area (Å²) < 4.78 is 1.91. The number of pyridine rings is 1. The van der Waals surface area contributed by atoms with Gasteiger partial charge in [-0.05, 0) is 49.6 Å². The summed E-state index contributed by atoms with van der Waals surface area (Å²) in [6.07, 6.45) is 8.01. The van der Waals surface area contributed by atoms with Gasteiger partial charge in [-0.3, -0.25) is 9.59 Å². The van der Waals surface area contributed by atoms with E-state index in [0.29, 0.717) is 36.3 Å². The predicted molar refractivity (Wildman–Crippen MR) is 154 cm³/mol. The van der Waals surface area contributed by atoms with Crippen molar-refractivity contribution in [2.75, 3.05) is 0 Å². The van der Waals surface area contributed by atoms with Gasteiger partial charge in [0.1, 0.15) is 11.2 Å². The number of carbonyl (C=O) groups excluding carboxylic acids is 2. The van der Waals surface area contributed by atoms with Crippen LogP contribution in [0.2, 0.25) is 0 Å². The summed E-state index contributed by atoms with van der Waals surface area (Å²) in [6, 6.07) is 24.4. The number of hydrogen-bond acceptors (Lipinski definition) is 4. The van der Waals surface area contributed by atoms with Crippen molar-refractivity contribution in [2.24, 2.45) is 0 Å². The Morgan fingerprint density at radius 3 is 2.38 bits per heavy atom.